The van der Waals surface area contributed by atoms with Crippen LogP contribution in [0.25, 0.3) is 0 Å². The Labute approximate surface area is 118 Å². The van der Waals surface area contributed by atoms with Crippen molar-refractivity contribution in [3.63, 3.8) is 0 Å². The highest BCUT2D eigenvalue weighted by Gasteiger charge is 2.36. The summed E-state index contributed by atoms with van der Waals surface area (Å²) in [7, 11) is 0. The maximum absolute atomic E-state index is 5.17. The van der Waals surface area contributed by atoms with Gasteiger partial charge in [0.15, 0.2) is 5.17 Å². The van der Waals surface area contributed by atoms with Crippen LogP contribution in [0.2, 0.25) is 0 Å². The number of nitrogens with zero attached hydrogens (tertiary/aromatic N) is 2. The van der Waals surface area contributed by atoms with Crippen LogP contribution in [0.5, 0.6) is 0 Å². The summed E-state index contributed by atoms with van der Waals surface area (Å²) >= 11 is 1.88. The molecule has 1 aromatic rings. The second kappa shape index (κ2) is 5.19. The summed E-state index contributed by atoms with van der Waals surface area (Å²) in [5.41, 5.74) is 2.64. The molecule has 0 atom stereocenters. The first-order valence-corrected chi connectivity index (χ1v) is 8.00. The molecular weight excluding hydrogens is 258 g/mol. The van der Waals surface area contributed by atoms with Crippen LogP contribution in [0.15, 0.2) is 9.52 Å². The second-order valence-electron chi connectivity index (χ2n) is 5.77. The van der Waals surface area contributed by atoms with Gasteiger partial charge in [-0.2, -0.15) is 0 Å². The number of hydrogen-bond acceptors (Lipinski definition) is 5. The Kier molecular flexibility index (Phi) is 3.56. The predicted molar refractivity (Wildman–Crippen MR) is 78.5 cm³/mol. The van der Waals surface area contributed by atoms with Gasteiger partial charge in [0.2, 0.25) is 0 Å². The van der Waals surface area contributed by atoms with E-state index in [4.69, 9.17) is 9.52 Å². The zero-order valence-corrected chi connectivity index (χ0v) is 12.5. The quantitative estimate of drug-likeness (QED) is 0.904. The van der Waals surface area contributed by atoms with Crippen LogP contribution in [-0.4, -0.2) is 22.6 Å². The largest absolute Gasteiger partial charge is 0.361 e. The predicted octanol–water partition coefficient (Wildman–Crippen LogP) is 3.04. The number of nitrogens with one attached hydrogen (secondary N) is 1. The van der Waals surface area contributed by atoms with Crippen molar-refractivity contribution >= 4 is 16.9 Å². The highest BCUT2D eigenvalue weighted by atomic mass is 32.2. The summed E-state index contributed by atoms with van der Waals surface area (Å²) in [5.74, 6) is 2.12. The molecule has 4 nitrogen and oxygen atoms in total. The van der Waals surface area contributed by atoms with Crippen molar-refractivity contribution < 1.29 is 4.52 Å². The monoisotopic (exact) mass is 279 g/mol. The molecule has 1 saturated carbocycles. The summed E-state index contributed by atoms with van der Waals surface area (Å²) in [4.78, 5) is 4.74. The molecule has 3 rings (SSSR count). The molecule has 1 spiro atoms. The van der Waals surface area contributed by atoms with Gasteiger partial charge in [0.1, 0.15) is 5.76 Å². The first-order chi connectivity index (χ1) is 9.19. The van der Waals surface area contributed by atoms with Crippen LogP contribution in [-0.2, 0) is 6.54 Å². The lowest BCUT2D eigenvalue weighted by Crippen LogP contribution is -2.33. The topological polar surface area (TPSA) is 50.4 Å². The van der Waals surface area contributed by atoms with E-state index in [-0.39, 0.29) is 0 Å². The van der Waals surface area contributed by atoms with Crippen LogP contribution >= 0.6 is 11.8 Å². The van der Waals surface area contributed by atoms with Crippen molar-refractivity contribution in [2.75, 3.05) is 12.3 Å². The molecule has 0 aromatic carbocycles. The lowest BCUT2D eigenvalue weighted by molar-refractivity contribution is 0.358. The summed E-state index contributed by atoms with van der Waals surface area (Å²) in [6, 6.07) is 0. The first-order valence-electron chi connectivity index (χ1n) is 7.01. The highest BCUT2D eigenvalue weighted by molar-refractivity contribution is 8.13. The molecule has 0 radical (unpaired) electrons. The molecular formula is C14H21N3OS. The average molecular weight is 279 g/mol. The minimum Gasteiger partial charge on any atom is -0.361 e. The van der Waals surface area contributed by atoms with Gasteiger partial charge in [-0.25, -0.2) is 0 Å². The number of hydrogen-bond donors (Lipinski definition) is 1. The zero-order valence-electron chi connectivity index (χ0n) is 11.7. The fourth-order valence-corrected chi connectivity index (χ4v) is 4.16. The molecule has 2 aliphatic rings. The Hall–Kier alpha value is -0.970. The van der Waals surface area contributed by atoms with E-state index in [0.29, 0.717) is 5.41 Å². The Morgan fingerprint density at radius 1 is 1.32 bits per heavy atom. The van der Waals surface area contributed by atoms with Crippen LogP contribution in [0.4, 0.5) is 0 Å². The third kappa shape index (κ3) is 2.66. The lowest BCUT2D eigenvalue weighted by Gasteiger charge is -2.31. The zero-order chi connectivity index (χ0) is 13.3. The maximum Gasteiger partial charge on any atom is 0.156 e. The Morgan fingerprint density at radius 3 is 2.68 bits per heavy atom. The van der Waals surface area contributed by atoms with Gasteiger partial charge in [0.25, 0.3) is 0 Å². The number of aryl methyl sites for hydroxylation is 2. The SMILES string of the molecule is Cc1noc(C)c1CNC1=NCC2(CCCC2)CS1. The number of thioether (sulfide) groups is 1. The highest BCUT2D eigenvalue weighted by Crippen LogP contribution is 2.43. The van der Waals surface area contributed by atoms with Crippen molar-refractivity contribution in [2.24, 2.45) is 10.4 Å². The van der Waals surface area contributed by atoms with Crippen LogP contribution in [0.3, 0.4) is 0 Å². The molecule has 0 saturated heterocycles. The van der Waals surface area contributed by atoms with Gasteiger partial charge in [-0.15, -0.1) is 0 Å². The molecule has 0 amide bonds. The van der Waals surface area contributed by atoms with Crippen molar-refractivity contribution in [1.82, 2.24) is 10.5 Å². The molecule has 1 aromatic heterocycles. The van der Waals surface area contributed by atoms with E-state index in [2.05, 4.69) is 10.5 Å². The average Bonchev–Trinajstić information content (AvgIpc) is 2.99. The van der Waals surface area contributed by atoms with E-state index < -0.39 is 0 Å². The summed E-state index contributed by atoms with van der Waals surface area (Å²) in [6.07, 6.45) is 5.50. The smallest absolute Gasteiger partial charge is 0.156 e. The number of aromatic nitrogens is 1. The van der Waals surface area contributed by atoms with Crippen LogP contribution in [0, 0.1) is 19.3 Å². The third-order valence-corrected chi connectivity index (χ3v) is 5.64. The minimum absolute atomic E-state index is 0.513. The summed E-state index contributed by atoms with van der Waals surface area (Å²) < 4.78 is 5.17. The molecule has 19 heavy (non-hydrogen) atoms. The molecule has 1 N–H and O–H groups in total. The molecule has 2 heterocycles. The molecule has 0 unspecified atom stereocenters. The Balaban J connectivity index is 1.58. The van der Waals surface area contributed by atoms with Gasteiger partial charge in [-0.3, -0.25) is 4.99 Å². The normalized spacial score (nSPS) is 21.7. The van der Waals surface area contributed by atoms with Crippen molar-refractivity contribution in [3.8, 4) is 0 Å². The van der Waals surface area contributed by atoms with Crippen molar-refractivity contribution in [3.05, 3.63) is 17.0 Å². The van der Waals surface area contributed by atoms with Crippen molar-refractivity contribution in [2.45, 2.75) is 46.1 Å². The van der Waals surface area contributed by atoms with E-state index in [1.165, 1.54) is 31.4 Å². The Morgan fingerprint density at radius 2 is 2.11 bits per heavy atom. The van der Waals surface area contributed by atoms with Gasteiger partial charge >= 0.3 is 0 Å². The molecule has 0 bridgehead atoms. The van der Waals surface area contributed by atoms with E-state index in [1.807, 2.05) is 25.6 Å². The third-order valence-electron chi connectivity index (χ3n) is 4.33. The van der Waals surface area contributed by atoms with E-state index >= 15 is 0 Å². The van der Waals surface area contributed by atoms with Gasteiger partial charge in [0.05, 0.1) is 5.69 Å². The Bertz CT molecular complexity index is 469. The second-order valence-corrected chi connectivity index (χ2v) is 6.74. The van der Waals surface area contributed by atoms with Gasteiger partial charge in [-0.05, 0) is 32.1 Å². The maximum atomic E-state index is 5.17. The van der Waals surface area contributed by atoms with E-state index in [9.17, 15) is 0 Å². The molecule has 1 aliphatic carbocycles. The number of amidine groups is 1. The van der Waals surface area contributed by atoms with Gasteiger partial charge in [0, 0.05) is 24.4 Å². The molecule has 1 fully saturated rings. The number of aliphatic imine (C=N–C) groups is 1. The fraction of sp³-hybridized carbons (Fsp3) is 0.714. The fourth-order valence-electron chi connectivity index (χ4n) is 3.00. The molecule has 104 valence electrons. The van der Waals surface area contributed by atoms with Crippen LogP contribution in [0.1, 0.15) is 42.7 Å². The number of rotatable bonds is 2. The minimum atomic E-state index is 0.513. The van der Waals surface area contributed by atoms with Crippen LogP contribution < -0.4 is 5.32 Å². The molecule has 1 aliphatic heterocycles. The van der Waals surface area contributed by atoms with E-state index in [0.717, 1.165) is 35.3 Å². The first kappa shape index (κ1) is 13.0. The van der Waals surface area contributed by atoms with Crippen molar-refractivity contribution in [1.29, 1.82) is 0 Å². The summed E-state index contributed by atoms with van der Waals surface area (Å²) in [6.45, 7) is 5.71. The summed E-state index contributed by atoms with van der Waals surface area (Å²) in [5, 5.41) is 8.48. The lowest BCUT2D eigenvalue weighted by atomic mass is 9.89. The van der Waals surface area contributed by atoms with E-state index in [1.54, 1.807) is 0 Å². The standard InChI is InChI=1S/C14H21N3OS/c1-10-12(11(2)18-17-10)7-15-13-16-8-14(9-19-13)5-3-4-6-14/h3-9H2,1-2H3,(H,15,16). The van der Waals surface area contributed by atoms with Gasteiger partial charge in [-0.1, -0.05) is 29.8 Å². The molecule has 5 heteroatoms. The van der Waals surface area contributed by atoms with Gasteiger partial charge < -0.3 is 9.84 Å².